The van der Waals surface area contributed by atoms with Crippen LogP contribution in [0.3, 0.4) is 0 Å². The van der Waals surface area contributed by atoms with E-state index in [9.17, 15) is 18.4 Å². The molecule has 0 aliphatic carbocycles. The van der Waals surface area contributed by atoms with Crippen LogP contribution in [0.25, 0.3) is 28.0 Å². The molecule has 0 saturated heterocycles. The second-order valence-electron chi connectivity index (χ2n) is 10.1. The van der Waals surface area contributed by atoms with E-state index >= 15 is 4.39 Å². The summed E-state index contributed by atoms with van der Waals surface area (Å²) in [6, 6.07) is 9.34. The molecule has 0 amide bonds. The van der Waals surface area contributed by atoms with Crippen LogP contribution in [0.15, 0.2) is 36.7 Å². The van der Waals surface area contributed by atoms with E-state index in [1.165, 1.54) is 13.2 Å². The molecule has 3 aromatic heterocycles. The number of aromatic amines is 1. The summed E-state index contributed by atoms with van der Waals surface area (Å²) in [5.41, 5.74) is 5.00. The van der Waals surface area contributed by atoms with E-state index in [-0.39, 0.29) is 29.6 Å². The molecule has 9 nitrogen and oxygen atoms in total. The van der Waals surface area contributed by atoms with Crippen molar-refractivity contribution >= 4 is 17.0 Å². The van der Waals surface area contributed by atoms with Gasteiger partial charge in [0.1, 0.15) is 17.1 Å². The molecule has 4 heterocycles. The minimum atomic E-state index is -4.55. The van der Waals surface area contributed by atoms with Crippen LogP contribution in [-0.4, -0.2) is 43.4 Å². The van der Waals surface area contributed by atoms with Gasteiger partial charge in [0.05, 0.1) is 29.7 Å². The Morgan fingerprint density at radius 1 is 1.12 bits per heavy atom. The molecule has 0 unspecified atom stereocenters. The van der Waals surface area contributed by atoms with Crippen molar-refractivity contribution in [2.75, 3.05) is 18.6 Å². The van der Waals surface area contributed by atoms with Crippen molar-refractivity contribution in [3.05, 3.63) is 76.2 Å². The minimum Gasteiger partial charge on any atom is -0.492 e. The molecule has 6 rings (SSSR count). The van der Waals surface area contributed by atoms with Crippen LogP contribution in [0.5, 0.6) is 5.75 Å². The fraction of sp³-hybridized carbons (Fsp3) is 0.300. The largest absolute Gasteiger partial charge is 0.492 e. The Morgan fingerprint density at radius 3 is 2.42 bits per heavy atom. The lowest BCUT2D eigenvalue weighted by Gasteiger charge is -2.27. The number of nitriles is 1. The average Bonchev–Trinajstić information content (AvgIpc) is 3.61. The Morgan fingerprint density at radius 2 is 1.81 bits per heavy atom. The summed E-state index contributed by atoms with van der Waals surface area (Å²) in [6.45, 7) is 4.71. The Hall–Kier alpha value is -4.99. The maximum atomic E-state index is 15.6. The van der Waals surface area contributed by atoms with E-state index < -0.39 is 17.6 Å². The number of aryl methyl sites for hydroxylation is 2. The number of aromatic nitrogens is 6. The number of methoxy groups -OCH3 is 1. The molecule has 0 atom stereocenters. The normalized spacial score (nSPS) is 13.3. The predicted molar refractivity (Wildman–Crippen MR) is 150 cm³/mol. The van der Waals surface area contributed by atoms with E-state index in [4.69, 9.17) is 9.84 Å². The third-order valence-electron chi connectivity index (χ3n) is 7.70. The first-order chi connectivity index (χ1) is 20.7. The van der Waals surface area contributed by atoms with Crippen LogP contribution in [-0.2, 0) is 32.0 Å². The van der Waals surface area contributed by atoms with Crippen LogP contribution >= 0.6 is 0 Å². The molecule has 1 aliphatic rings. The Bertz CT molecular complexity index is 1860. The molecule has 0 fully saturated rings. The molecular weight excluding hydrogens is 564 g/mol. The van der Waals surface area contributed by atoms with Crippen molar-refractivity contribution < 1.29 is 22.3 Å². The van der Waals surface area contributed by atoms with Gasteiger partial charge in [0, 0.05) is 43.0 Å². The highest BCUT2D eigenvalue weighted by Crippen LogP contribution is 2.41. The number of hydrogen-bond donors (Lipinski definition) is 1. The highest BCUT2D eigenvalue weighted by Gasteiger charge is 2.34. The number of ether oxygens (including phenoxy) is 1. The van der Waals surface area contributed by atoms with Gasteiger partial charge in [-0.15, -0.1) is 0 Å². The summed E-state index contributed by atoms with van der Waals surface area (Å²) in [7, 11) is 1.34. The number of halogens is 4. The second-order valence-corrected chi connectivity index (χ2v) is 10.1. The summed E-state index contributed by atoms with van der Waals surface area (Å²) in [5.74, 6) is -0.602. The molecule has 0 saturated carbocycles. The quantitative estimate of drug-likeness (QED) is 0.244. The lowest BCUT2D eigenvalue weighted by atomic mass is 9.98. The molecule has 0 bridgehead atoms. The van der Waals surface area contributed by atoms with Gasteiger partial charge >= 0.3 is 6.18 Å². The molecule has 43 heavy (non-hydrogen) atoms. The van der Waals surface area contributed by atoms with Crippen LogP contribution in [0, 0.1) is 17.1 Å². The van der Waals surface area contributed by atoms with Crippen LogP contribution < -0.4 is 9.64 Å². The van der Waals surface area contributed by atoms with Crippen molar-refractivity contribution in [1.29, 1.82) is 5.26 Å². The van der Waals surface area contributed by atoms with Gasteiger partial charge in [-0.25, -0.2) is 24.0 Å². The number of para-hydroxylation sites is 1. The standard InChI is InChI=1S/C30H26F4N8O/c1-4-16-7-6-8-17(5-2)26(16)42-27(19-11-21(31)28(43-3)25-24(19)38-23(12-35)39-25)20-15-41(10-9-22(20)40-42)29-36-13-18(14-37-29)30(32,33)34/h6-8,11,13-14H,4-5,9-10,15H2,1-3H3,(H,38,39). The predicted octanol–water partition coefficient (Wildman–Crippen LogP) is 5.93. The molecule has 0 radical (unpaired) electrons. The number of alkyl halides is 3. The van der Waals surface area contributed by atoms with Gasteiger partial charge < -0.3 is 14.6 Å². The van der Waals surface area contributed by atoms with Crippen molar-refractivity contribution in [2.24, 2.45) is 0 Å². The van der Waals surface area contributed by atoms with Gasteiger partial charge in [0.15, 0.2) is 11.6 Å². The van der Waals surface area contributed by atoms with E-state index in [1.54, 1.807) is 4.90 Å². The average molecular weight is 591 g/mol. The summed E-state index contributed by atoms with van der Waals surface area (Å²) < 4.78 is 62.2. The zero-order chi connectivity index (χ0) is 30.5. The van der Waals surface area contributed by atoms with Gasteiger partial charge in [-0.1, -0.05) is 32.0 Å². The van der Waals surface area contributed by atoms with Gasteiger partial charge in [-0.3, -0.25) is 0 Å². The molecule has 1 aliphatic heterocycles. The first-order valence-electron chi connectivity index (χ1n) is 13.7. The van der Waals surface area contributed by atoms with Crippen molar-refractivity contribution in [1.82, 2.24) is 29.7 Å². The Kier molecular flexibility index (Phi) is 7.00. The molecule has 13 heteroatoms. The molecule has 0 spiro atoms. The van der Waals surface area contributed by atoms with Gasteiger partial charge in [-0.2, -0.15) is 23.5 Å². The Balaban J connectivity index is 1.61. The van der Waals surface area contributed by atoms with E-state index in [0.717, 1.165) is 40.5 Å². The summed E-state index contributed by atoms with van der Waals surface area (Å²) in [5, 5.41) is 14.6. The highest BCUT2D eigenvalue weighted by molar-refractivity contribution is 5.96. The third-order valence-corrected chi connectivity index (χ3v) is 7.70. The number of rotatable bonds is 6. The number of imidazole rings is 1. The van der Waals surface area contributed by atoms with Crippen molar-refractivity contribution in [2.45, 2.75) is 45.8 Å². The lowest BCUT2D eigenvalue weighted by Crippen LogP contribution is -2.31. The van der Waals surface area contributed by atoms with Crippen molar-refractivity contribution in [3.63, 3.8) is 0 Å². The molecule has 1 N–H and O–H groups in total. The van der Waals surface area contributed by atoms with E-state index in [0.29, 0.717) is 42.6 Å². The number of fused-ring (bicyclic) bond motifs is 2. The number of nitrogens with zero attached hydrogens (tertiary/aromatic N) is 7. The van der Waals surface area contributed by atoms with E-state index in [1.807, 2.05) is 42.8 Å². The lowest BCUT2D eigenvalue weighted by molar-refractivity contribution is -0.138. The van der Waals surface area contributed by atoms with Crippen LogP contribution in [0.4, 0.5) is 23.5 Å². The summed E-state index contributed by atoms with van der Waals surface area (Å²) in [6.07, 6.45) is -1.15. The smallest absolute Gasteiger partial charge is 0.419 e. The van der Waals surface area contributed by atoms with E-state index in [2.05, 4.69) is 19.9 Å². The number of benzene rings is 2. The van der Waals surface area contributed by atoms with Crippen LogP contribution in [0.1, 0.15) is 47.6 Å². The zero-order valence-corrected chi connectivity index (χ0v) is 23.6. The summed E-state index contributed by atoms with van der Waals surface area (Å²) >= 11 is 0. The number of hydrogen-bond acceptors (Lipinski definition) is 7. The Labute approximate surface area is 243 Å². The monoisotopic (exact) mass is 590 g/mol. The highest BCUT2D eigenvalue weighted by atomic mass is 19.4. The fourth-order valence-corrected chi connectivity index (χ4v) is 5.65. The first-order valence-corrected chi connectivity index (χ1v) is 13.7. The first kappa shape index (κ1) is 28.1. The summed E-state index contributed by atoms with van der Waals surface area (Å²) in [4.78, 5) is 17.1. The van der Waals surface area contributed by atoms with Crippen molar-refractivity contribution in [3.8, 4) is 28.8 Å². The number of anilines is 1. The van der Waals surface area contributed by atoms with Gasteiger partial charge in [0.2, 0.25) is 11.8 Å². The van der Waals surface area contributed by atoms with Gasteiger partial charge in [0.25, 0.3) is 0 Å². The maximum Gasteiger partial charge on any atom is 0.419 e. The zero-order valence-electron chi connectivity index (χ0n) is 23.6. The number of nitrogens with one attached hydrogen (secondary N) is 1. The molecule has 5 aromatic rings. The maximum absolute atomic E-state index is 15.6. The molecule has 220 valence electrons. The third kappa shape index (κ3) is 4.72. The number of H-pyrrole nitrogens is 1. The van der Waals surface area contributed by atoms with Gasteiger partial charge in [-0.05, 0) is 30.0 Å². The molecular formula is C30H26F4N8O. The second kappa shape index (κ2) is 10.7. The molecule has 2 aromatic carbocycles. The topological polar surface area (TPSA) is 109 Å². The fourth-order valence-electron chi connectivity index (χ4n) is 5.65. The van der Waals surface area contributed by atoms with Crippen LogP contribution in [0.2, 0.25) is 0 Å². The SMILES string of the molecule is CCc1cccc(CC)c1-n1nc2c(c1-c1cc(F)c(OC)c3[nH]c(C#N)nc13)CN(c1ncc(C(F)(F)F)cn1)CC2. The minimum absolute atomic E-state index is 0.0110.